The summed E-state index contributed by atoms with van der Waals surface area (Å²) in [6, 6.07) is 0. The van der Waals surface area contributed by atoms with Crippen molar-refractivity contribution in [3.63, 3.8) is 0 Å². The number of halogens is 5. The van der Waals surface area contributed by atoms with Crippen LogP contribution in [-0.4, -0.2) is 14.0 Å². The summed E-state index contributed by atoms with van der Waals surface area (Å²) in [4.78, 5) is 0. The SMILES string of the molecule is CCC(Cl)(Cl)C(Cl)(Cl)C(C)Cl. The fourth-order valence-electron chi connectivity index (χ4n) is 0.527. The normalized spacial score (nSPS) is 16.6. The fraction of sp³-hybridized carbons (Fsp3) is 1.00. The standard InChI is InChI=1S/C6H9Cl5/c1-3-5(8,9)6(10,11)4(2)7/h4H,3H2,1-2H3. The van der Waals surface area contributed by atoms with Crippen LogP contribution in [0.4, 0.5) is 0 Å². The molecule has 0 aliphatic carbocycles. The van der Waals surface area contributed by atoms with E-state index in [0.29, 0.717) is 6.42 Å². The lowest BCUT2D eigenvalue weighted by atomic mass is 10.2. The maximum atomic E-state index is 5.83. The minimum absolute atomic E-state index is 0.445. The topological polar surface area (TPSA) is 0 Å². The van der Waals surface area contributed by atoms with Crippen LogP contribution in [-0.2, 0) is 0 Å². The lowest BCUT2D eigenvalue weighted by molar-refractivity contribution is 0.621. The molecule has 0 aromatic heterocycles. The molecular formula is C6H9Cl5. The highest BCUT2D eigenvalue weighted by atomic mass is 35.5. The molecule has 0 N–H and O–H groups in total. The van der Waals surface area contributed by atoms with E-state index < -0.39 is 14.0 Å². The quantitative estimate of drug-likeness (QED) is 0.659. The smallest absolute Gasteiger partial charge is 0.120 e. The van der Waals surface area contributed by atoms with Gasteiger partial charge in [-0.25, -0.2) is 0 Å². The van der Waals surface area contributed by atoms with Crippen molar-refractivity contribution in [3.8, 4) is 0 Å². The molecule has 0 heterocycles. The van der Waals surface area contributed by atoms with E-state index in [9.17, 15) is 0 Å². The molecule has 0 saturated carbocycles. The fourth-order valence-corrected chi connectivity index (χ4v) is 1.42. The van der Waals surface area contributed by atoms with Crippen LogP contribution >= 0.6 is 58.0 Å². The molecule has 11 heavy (non-hydrogen) atoms. The van der Waals surface area contributed by atoms with Gasteiger partial charge >= 0.3 is 0 Å². The van der Waals surface area contributed by atoms with Gasteiger partial charge in [0.05, 0.1) is 5.38 Å². The van der Waals surface area contributed by atoms with Crippen LogP contribution in [0.2, 0.25) is 0 Å². The van der Waals surface area contributed by atoms with Crippen molar-refractivity contribution in [2.24, 2.45) is 0 Å². The minimum atomic E-state index is -1.31. The van der Waals surface area contributed by atoms with Gasteiger partial charge in [0.25, 0.3) is 0 Å². The van der Waals surface area contributed by atoms with Crippen LogP contribution in [0.5, 0.6) is 0 Å². The zero-order valence-electron chi connectivity index (χ0n) is 6.17. The highest BCUT2D eigenvalue weighted by Gasteiger charge is 2.49. The summed E-state index contributed by atoms with van der Waals surface area (Å²) in [6.07, 6.45) is 0.445. The summed E-state index contributed by atoms with van der Waals surface area (Å²) in [5.41, 5.74) is 0. The van der Waals surface area contributed by atoms with Gasteiger partial charge in [-0.1, -0.05) is 53.3 Å². The van der Waals surface area contributed by atoms with Gasteiger partial charge < -0.3 is 0 Å². The van der Waals surface area contributed by atoms with Crippen LogP contribution in [0.1, 0.15) is 20.3 Å². The van der Waals surface area contributed by atoms with Gasteiger partial charge in [0, 0.05) is 0 Å². The number of alkyl halides is 5. The van der Waals surface area contributed by atoms with E-state index in [1.54, 1.807) is 13.8 Å². The molecule has 1 atom stereocenters. The third kappa shape index (κ3) is 2.70. The first-order chi connectivity index (χ1) is 4.75. The summed E-state index contributed by atoms with van der Waals surface area (Å²) in [7, 11) is 0. The highest BCUT2D eigenvalue weighted by molar-refractivity contribution is 6.64. The number of rotatable bonds is 3. The first-order valence-corrected chi connectivity index (χ1v) is 5.10. The van der Waals surface area contributed by atoms with E-state index in [0.717, 1.165) is 0 Å². The van der Waals surface area contributed by atoms with Crippen molar-refractivity contribution >= 4 is 58.0 Å². The Bertz CT molecular complexity index is 129. The second-order valence-electron chi connectivity index (χ2n) is 2.30. The van der Waals surface area contributed by atoms with E-state index in [4.69, 9.17) is 58.0 Å². The van der Waals surface area contributed by atoms with Crippen molar-refractivity contribution < 1.29 is 0 Å². The molecule has 0 aromatic rings. The molecule has 0 fully saturated rings. The zero-order valence-corrected chi connectivity index (χ0v) is 9.95. The van der Waals surface area contributed by atoms with Gasteiger partial charge in [-0.3, -0.25) is 0 Å². The molecule has 0 amide bonds. The van der Waals surface area contributed by atoms with Crippen molar-refractivity contribution in [1.82, 2.24) is 0 Å². The zero-order chi connectivity index (χ0) is 9.28. The van der Waals surface area contributed by atoms with Gasteiger partial charge in [0.2, 0.25) is 0 Å². The molecule has 0 radical (unpaired) electrons. The van der Waals surface area contributed by atoms with Gasteiger partial charge in [-0.2, -0.15) is 0 Å². The molecule has 0 saturated heterocycles. The Morgan fingerprint density at radius 1 is 1.18 bits per heavy atom. The van der Waals surface area contributed by atoms with E-state index in [1.165, 1.54) is 0 Å². The summed E-state index contributed by atoms with van der Waals surface area (Å²) in [6.45, 7) is 3.44. The van der Waals surface area contributed by atoms with Gasteiger partial charge in [0.1, 0.15) is 0 Å². The second kappa shape index (κ2) is 4.11. The molecule has 1 unspecified atom stereocenters. The van der Waals surface area contributed by atoms with Crippen LogP contribution < -0.4 is 0 Å². The van der Waals surface area contributed by atoms with Gasteiger partial charge in [-0.05, 0) is 13.3 Å². The molecule has 0 rings (SSSR count). The van der Waals surface area contributed by atoms with E-state index >= 15 is 0 Å². The third-order valence-electron chi connectivity index (χ3n) is 1.43. The Labute approximate surface area is 92.1 Å². The third-order valence-corrected chi connectivity index (χ3v) is 4.80. The van der Waals surface area contributed by atoms with Crippen molar-refractivity contribution in [2.45, 2.75) is 34.3 Å². The van der Waals surface area contributed by atoms with Crippen molar-refractivity contribution in [3.05, 3.63) is 0 Å². The summed E-state index contributed by atoms with van der Waals surface area (Å²) in [5.74, 6) is 0. The predicted molar refractivity (Wildman–Crippen MR) is 54.5 cm³/mol. The van der Waals surface area contributed by atoms with Crippen LogP contribution in [0.15, 0.2) is 0 Å². The van der Waals surface area contributed by atoms with Gasteiger partial charge in [0.15, 0.2) is 8.67 Å². The maximum absolute atomic E-state index is 5.83. The minimum Gasteiger partial charge on any atom is -0.120 e. The second-order valence-corrected chi connectivity index (χ2v) is 5.82. The molecular weight excluding hydrogens is 249 g/mol. The van der Waals surface area contributed by atoms with E-state index in [-0.39, 0.29) is 0 Å². The highest BCUT2D eigenvalue weighted by Crippen LogP contribution is 2.48. The van der Waals surface area contributed by atoms with Crippen LogP contribution in [0.25, 0.3) is 0 Å². The lowest BCUT2D eigenvalue weighted by Crippen LogP contribution is -2.42. The molecule has 0 spiro atoms. The molecule has 0 bridgehead atoms. The lowest BCUT2D eigenvalue weighted by Gasteiger charge is -2.33. The largest absolute Gasteiger partial charge is 0.166 e. The first kappa shape index (κ1) is 12.4. The van der Waals surface area contributed by atoms with E-state index in [2.05, 4.69) is 0 Å². The summed E-state index contributed by atoms with van der Waals surface area (Å²) >= 11 is 29.0. The Morgan fingerprint density at radius 3 is 1.64 bits per heavy atom. The predicted octanol–water partition coefficient (Wildman–Crippen LogP) is 4.37. The summed E-state index contributed by atoms with van der Waals surface area (Å²) < 4.78 is -2.51. The number of hydrogen-bond donors (Lipinski definition) is 0. The van der Waals surface area contributed by atoms with Gasteiger partial charge in [-0.15, -0.1) is 11.6 Å². The average Bonchev–Trinajstić information content (AvgIpc) is 1.87. The van der Waals surface area contributed by atoms with Crippen molar-refractivity contribution in [2.75, 3.05) is 0 Å². The Kier molecular flexibility index (Phi) is 4.65. The summed E-state index contributed by atoms with van der Waals surface area (Å²) in [5, 5.41) is -0.499. The first-order valence-electron chi connectivity index (χ1n) is 3.15. The molecule has 0 aromatic carbocycles. The van der Waals surface area contributed by atoms with Crippen LogP contribution in [0.3, 0.4) is 0 Å². The Hall–Kier alpha value is 1.45. The average molecular weight is 258 g/mol. The van der Waals surface area contributed by atoms with Crippen LogP contribution in [0, 0.1) is 0 Å². The Morgan fingerprint density at radius 2 is 1.55 bits per heavy atom. The molecule has 0 aliphatic rings. The number of hydrogen-bond acceptors (Lipinski definition) is 0. The van der Waals surface area contributed by atoms with E-state index in [1.807, 2.05) is 0 Å². The molecule has 68 valence electrons. The monoisotopic (exact) mass is 256 g/mol. The molecule has 0 aliphatic heterocycles. The molecule has 5 heteroatoms. The Balaban J connectivity index is 4.53. The molecule has 0 nitrogen and oxygen atoms in total. The van der Waals surface area contributed by atoms with Crippen molar-refractivity contribution in [1.29, 1.82) is 0 Å². The maximum Gasteiger partial charge on any atom is 0.166 e.